The Kier molecular flexibility index (Phi) is 6.22. The van der Waals surface area contributed by atoms with E-state index in [1.54, 1.807) is 18.2 Å². The third-order valence-electron chi connectivity index (χ3n) is 7.17. The predicted molar refractivity (Wildman–Crippen MR) is 130 cm³/mol. The molecule has 0 unspecified atom stereocenters. The van der Waals surface area contributed by atoms with Gasteiger partial charge in [0.1, 0.15) is 11.9 Å². The predicted octanol–water partition coefficient (Wildman–Crippen LogP) is 5.89. The number of carbonyl (C=O) groups excluding carboxylic acids is 2. The van der Waals surface area contributed by atoms with Crippen molar-refractivity contribution in [3.05, 3.63) is 87.2 Å². The van der Waals surface area contributed by atoms with E-state index in [1.807, 2.05) is 37.3 Å². The van der Waals surface area contributed by atoms with Gasteiger partial charge in [-0.05, 0) is 80.3 Å². The van der Waals surface area contributed by atoms with E-state index in [0.717, 1.165) is 36.9 Å². The summed E-state index contributed by atoms with van der Waals surface area (Å²) in [7, 11) is 0. The molecule has 2 atom stereocenters. The molecule has 0 saturated heterocycles. The lowest BCUT2D eigenvalue weighted by atomic mass is 9.71. The zero-order valence-electron chi connectivity index (χ0n) is 19.1. The Morgan fingerprint density at radius 1 is 1.06 bits per heavy atom. The van der Waals surface area contributed by atoms with Gasteiger partial charge in [0.2, 0.25) is 0 Å². The highest BCUT2D eigenvalue weighted by Gasteiger charge is 2.42. The number of benzene rings is 2. The molecular formula is C28H28ClNO4. The second-order valence-corrected chi connectivity index (χ2v) is 9.91. The summed E-state index contributed by atoms with van der Waals surface area (Å²) in [6.07, 6.45) is 4.79. The molecule has 3 aliphatic rings. The van der Waals surface area contributed by atoms with Crippen LogP contribution in [-0.4, -0.2) is 23.0 Å². The second-order valence-electron chi connectivity index (χ2n) is 9.48. The number of rotatable bonds is 4. The molecule has 1 fully saturated rings. The summed E-state index contributed by atoms with van der Waals surface area (Å²) >= 11 is 6.06. The molecule has 0 aromatic heterocycles. The van der Waals surface area contributed by atoms with Gasteiger partial charge in [0.05, 0.1) is 5.57 Å². The molecule has 1 saturated carbocycles. The summed E-state index contributed by atoms with van der Waals surface area (Å²) in [5.74, 6) is -0.830. The molecule has 1 heterocycles. The Morgan fingerprint density at radius 2 is 1.79 bits per heavy atom. The normalized spacial score (nSPS) is 23.1. The van der Waals surface area contributed by atoms with Crippen molar-refractivity contribution in [2.24, 2.45) is 0 Å². The van der Waals surface area contributed by atoms with Gasteiger partial charge >= 0.3 is 5.97 Å². The minimum atomic E-state index is -0.573. The van der Waals surface area contributed by atoms with Crippen molar-refractivity contribution in [2.45, 2.75) is 63.4 Å². The average molecular weight is 478 g/mol. The summed E-state index contributed by atoms with van der Waals surface area (Å²) in [6.45, 7) is 1.86. The van der Waals surface area contributed by atoms with Crippen LogP contribution in [-0.2, 0) is 14.3 Å². The van der Waals surface area contributed by atoms with Crippen LogP contribution in [0.2, 0.25) is 5.02 Å². The molecule has 5 nitrogen and oxygen atoms in total. The molecule has 0 bridgehead atoms. The van der Waals surface area contributed by atoms with Crippen LogP contribution in [0.15, 0.2) is 71.1 Å². The first-order valence-electron chi connectivity index (χ1n) is 11.9. The van der Waals surface area contributed by atoms with E-state index in [1.165, 1.54) is 0 Å². The van der Waals surface area contributed by atoms with E-state index in [-0.39, 0.29) is 29.5 Å². The average Bonchev–Trinajstić information content (AvgIpc) is 3.31. The Balaban J connectivity index is 1.54. The van der Waals surface area contributed by atoms with Gasteiger partial charge in [-0.15, -0.1) is 0 Å². The number of halogens is 1. The van der Waals surface area contributed by atoms with E-state index in [4.69, 9.17) is 16.3 Å². The molecule has 1 aliphatic heterocycles. The lowest BCUT2D eigenvalue weighted by Gasteiger charge is -2.37. The third kappa shape index (κ3) is 4.37. The van der Waals surface area contributed by atoms with Crippen molar-refractivity contribution in [3.63, 3.8) is 0 Å². The lowest BCUT2D eigenvalue weighted by molar-refractivity contribution is -0.144. The van der Waals surface area contributed by atoms with Crippen molar-refractivity contribution in [2.75, 3.05) is 0 Å². The molecule has 34 heavy (non-hydrogen) atoms. The topological polar surface area (TPSA) is 75.6 Å². The van der Waals surface area contributed by atoms with Crippen LogP contribution in [0.25, 0.3) is 0 Å². The summed E-state index contributed by atoms with van der Waals surface area (Å²) < 4.78 is 5.87. The number of carbonyl (C=O) groups is 2. The number of phenols is 1. The Labute approximate surface area is 204 Å². The molecule has 2 N–H and O–H groups in total. The number of dihydropyridines is 1. The van der Waals surface area contributed by atoms with E-state index in [9.17, 15) is 14.7 Å². The van der Waals surface area contributed by atoms with E-state index >= 15 is 0 Å². The van der Waals surface area contributed by atoms with Crippen LogP contribution in [0.4, 0.5) is 0 Å². The minimum absolute atomic E-state index is 0.000657. The van der Waals surface area contributed by atoms with E-state index in [2.05, 4.69) is 5.32 Å². The number of hydrogen-bond donors (Lipinski definition) is 2. The molecule has 176 valence electrons. The highest BCUT2D eigenvalue weighted by atomic mass is 35.5. The van der Waals surface area contributed by atoms with Crippen LogP contribution in [0, 0.1) is 0 Å². The molecule has 2 aliphatic carbocycles. The number of hydrogen-bond acceptors (Lipinski definition) is 5. The van der Waals surface area contributed by atoms with Crippen molar-refractivity contribution >= 4 is 23.4 Å². The third-order valence-corrected chi connectivity index (χ3v) is 7.42. The van der Waals surface area contributed by atoms with Crippen molar-refractivity contribution in [1.82, 2.24) is 5.32 Å². The summed E-state index contributed by atoms with van der Waals surface area (Å²) in [5.41, 5.74) is 4.35. The maximum atomic E-state index is 13.6. The zero-order chi connectivity index (χ0) is 23.8. The summed E-state index contributed by atoms with van der Waals surface area (Å²) in [6, 6.07) is 14.4. The Morgan fingerprint density at radius 3 is 2.50 bits per heavy atom. The molecule has 2 aromatic rings. The quantitative estimate of drug-likeness (QED) is 0.537. The first-order valence-corrected chi connectivity index (χ1v) is 12.3. The van der Waals surface area contributed by atoms with Gasteiger partial charge in [0, 0.05) is 34.3 Å². The number of ether oxygens (including phenoxy) is 1. The van der Waals surface area contributed by atoms with Gasteiger partial charge in [-0.25, -0.2) is 4.79 Å². The standard InChI is InChI=1S/C28H28ClNO4/c1-16-25(28(33)34-22-7-2-3-8-22)26(18-5-4-6-21(31)13-18)27-23(30-16)14-19(15-24(27)32)17-9-11-20(29)12-10-17/h4-6,9-13,19,22,26,30-31H,2-3,7-8,14-15H2,1H3/t19-,26-/m0/s1. The van der Waals surface area contributed by atoms with Gasteiger partial charge < -0.3 is 15.2 Å². The number of allylic oxidation sites excluding steroid dienone is 3. The van der Waals surface area contributed by atoms with Crippen LogP contribution in [0.1, 0.15) is 68.4 Å². The van der Waals surface area contributed by atoms with Gasteiger partial charge in [0.25, 0.3) is 0 Å². The van der Waals surface area contributed by atoms with Gasteiger partial charge in [-0.1, -0.05) is 35.9 Å². The molecule has 5 rings (SSSR count). The fourth-order valence-corrected chi connectivity index (χ4v) is 5.66. The SMILES string of the molecule is CC1=C(C(=O)OC2CCCC2)[C@H](c2cccc(O)c2)C2=C(C[C@H](c3ccc(Cl)cc3)CC2=O)N1. The summed E-state index contributed by atoms with van der Waals surface area (Å²) in [5, 5.41) is 14.2. The van der Waals surface area contributed by atoms with Gasteiger partial charge in [0.15, 0.2) is 5.78 Å². The number of ketones is 1. The monoisotopic (exact) mass is 477 g/mol. The minimum Gasteiger partial charge on any atom is -0.508 e. The molecule has 0 amide bonds. The van der Waals surface area contributed by atoms with Crippen molar-refractivity contribution in [3.8, 4) is 5.75 Å². The lowest BCUT2D eigenvalue weighted by Crippen LogP contribution is -2.36. The van der Waals surface area contributed by atoms with Crippen molar-refractivity contribution in [1.29, 1.82) is 0 Å². The smallest absolute Gasteiger partial charge is 0.337 e. The Hall–Kier alpha value is -3.05. The van der Waals surface area contributed by atoms with Gasteiger partial charge in [-0.2, -0.15) is 0 Å². The van der Waals surface area contributed by atoms with Crippen LogP contribution in [0.5, 0.6) is 5.75 Å². The number of Topliss-reactive ketones (excluding diaryl/α,β-unsaturated/α-hetero) is 1. The number of esters is 1. The fourth-order valence-electron chi connectivity index (χ4n) is 5.54. The number of aromatic hydroxyl groups is 1. The molecule has 2 aromatic carbocycles. The first-order chi connectivity index (χ1) is 16.4. The first kappa shape index (κ1) is 22.7. The largest absolute Gasteiger partial charge is 0.508 e. The highest BCUT2D eigenvalue weighted by molar-refractivity contribution is 6.30. The highest BCUT2D eigenvalue weighted by Crippen LogP contribution is 2.46. The fraction of sp³-hybridized carbons (Fsp3) is 0.357. The summed E-state index contributed by atoms with van der Waals surface area (Å²) in [4.78, 5) is 27.0. The van der Waals surface area contributed by atoms with E-state index in [0.29, 0.717) is 40.3 Å². The maximum Gasteiger partial charge on any atom is 0.337 e. The van der Waals surface area contributed by atoms with Gasteiger partial charge in [-0.3, -0.25) is 4.79 Å². The van der Waals surface area contributed by atoms with Crippen LogP contribution < -0.4 is 5.32 Å². The maximum absolute atomic E-state index is 13.6. The molecule has 0 radical (unpaired) electrons. The molecule has 6 heteroatoms. The van der Waals surface area contributed by atoms with Crippen molar-refractivity contribution < 1.29 is 19.4 Å². The van der Waals surface area contributed by atoms with E-state index < -0.39 is 5.92 Å². The zero-order valence-corrected chi connectivity index (χ0v) is 19.9. The van der Waals surface area contributed by atoms with Crippen LogP contribution in [0.3, 0.4) is 0 Å². The van der Waals surface area contributed by atoms with Crippen LogP contribution >= 0.6 is 11.6 Å². The molecule has 0 spiro atoms. The second kappa shape index (κ2) is 9.30. The number of nitrogens with one attached hydrogen (secondary N) is 1. The Bertz CT molecular complexity index is 1190. The molecular weight excluding hydrogens is 450 g/mol. The number of phenolic OH excluding ortho intramolecular Hbond substituents is 1.